The van der Waals surface area contributed by atoms with Gasteiger partial charge in [-0.25, -0.2) is 4.98 Å². The molecule has 1 aliphatic heterocycles. The molecule has 1 fully saturated rings. The molecular weight excluding hydrogens is 272 g/mol. The zero-order valence-corrected chi connectivity index (χ0v) is 12.7. The molecule has 0 bridgehead atoms. The second-order valence-electron chi connectivity index (χ2n) is 4.92. The normalized spacial score (nSPS) is 17.9. The summed E-state index contributed by atoms with van der Waals surface area (Å²) in [4.78, 5) is 8.74. The number of rotatable bonds is 8. The van der Waals surface area contributed by atoms with Gasteiger partial charge >= 0.3 is 0 Å². The Balaban J connectivity index is 2.04. The third-order valence-electron chi connectivity index (χ3n) is 3.32. The van der Waals surface area contributed by atoms with E-state index in [0.717, 1.165) is 25.9 Å². The molecule has 0 saturated carbocycles. The maximum Gasteiger partial charge on any atom is 0.242 e. The topological polar surface area (TPSA) is 91.5 Å². The number of nitrogens with two attached hydrogens (primary N) is 1. The summed E-state index contributed by atoms with van der Waals surface area (Å²) >= 11 is 0. The Morgan fingerprint density at radius 2 is 2.24 bits per heavy atom. The van der Waals surface area contributed by atoms with E-state index in [1.54, 1.807) is 7.11 Å². The third kappa shape index (κ3) is 4.44. The van der Waals surface area contributed by atoms with Crippen LogP contribution < -0.4 is 15.8 Å². The van der Waals surface area contributed by atoms with Gasteiger partial charge in [0.2, 0.25) is 5.88 Å². The summed E-state index contributed by atoms with van der Waals surface area (Å²) in [7, 11) is 1.62. The van der Waals surface area contributed by atoms with E-state index in [4.69, 9.17) is 19.9 Å². The van der Waals surface area contributed by atoms with Crippen LogP contribution in [0.25, 0.3) is 0 Å². The third-order valence-corrected chi connectivity index (χ3v) is 3.32. The van der Waals surface area contributed by atoms with Gasteiger partial charge in [0.05, 0.1) is 12.7 Å². The molecule has 1 aliphatic rings. The monoisotopic (exact) mass is 296 g/mol. The molecule has 1 aromatic heterocycles. The summed E-state index contributed by atoms with van der Waals surface area (Å²) in [5, 5.41) is 3.25. The summed E-state index contributed by atoms with van der Waals surface area (Å²) in [6, 6.07) is 0. The van der Waals surface area contributed by atoms with E-state index in [1.807, 2.05) is 6.92 Å². The van der Waals surface area contributed by atoms with Crippen LogP contribution in [0.1, 0.15) is 25.6 Å². The Kier molecular flexibility index (Phi) is 6.01. The van der Waals surface area contributed by atoms with Gasteiger partial charge in [-0.1, -0.05) is 6.92 Å². The van der Waals surface area contributed by atoms with E-state index in [2.05, 4.69) is 15.3 Å². The smallest absolute Gasteiger partial charge is 0.242 e. The summed E-state index contributed by atoms with van der Waals surface area (Å²) < 4.78 is 16.1. The minimum absolute atomic E-state index is 0.224. The molecule has 1 unspecified atom stereocenters. The number of ether oxygens (including phenoxy) is 3. The Hall–Kier alpha value is -1.60. The largest absolute Gasteiger partial charge is 0.474 e. The Bertz CT molecular complexity index is 450. The summed E-state index contributed by atoms with van der Waals surface area (Å²) in [6.45, 7) is 4.42. The fourth-order valence-electron chi connectivity index (χ4n) is 2.13. The molecule has 0 radical (unpaired) electrons. The molecule has 1 aromatic rings. The van der Waals surface area contributed by atoms with Gasteiger partial charge in [-0.3, -0.25) is 0 Å². The van der Waals surface area contributed by atoms with Gasteiger partial charge < -0.3 is 25.3 Å². The van der Waals surface area contributed by atoms with E-state index >= 15 is 0 Å². The second-order valence-corrected chi connectivity index (χ2v) is 4.92. The van der Waals surface area contributed by atoms with Crippen molar-refractivity contribution in [1.82, 2.24) is 9.97 Å². The molecule has 0 spiro atoms. The first-order valence-electron chi connectivity index (χ1n) is 7.38. The number of hydrogen-bond donors (Lipinski definition) is 2. The molecule has 0 amide bonds. The lowest BCUT2D eigenvalue weighted by molar-refractivity contribution is 0.120. The first kappa shape index (κ1) is 15.8. The zero-order valence-electron chi connectivity index (χ0n) is 12.7. The van der Waals surface area contributed by atoms with Crippen LogP contribution in [0, 0.1) is 0 Å². The molecule has 7 heteroatoms. The van der Waals surface area contributed by atoms with Crippen LogP contribution in [0.15, 0.2) is 0 Å². The number of aryl methyl sites for hydroxylation is 1. The lowest BCUT2D eigenvalue weighted by Gasteiger charge is -2.15. The molecule has 2 heterocycles. The Morgan fingerprint density at radius 3 is 2.90 bits per heavy atom. The first-order valence-corrected chi connectivity index (χ1v) is 7.38. The van der Waals surface area contributed by atoms with Crippen LogP contribution in [0.5, 0.6) is 5.88 Å². The minimum atomic E-state index is 0.224. The highest BCUT2D eigenvalue weighted by Crippen LogP contribution is 2.26. The van der Waals surface area contributed by atoms with Crippen molar-refractivity contribution in [2.75, 3.05) is 44.5 Å². The van der Waals surface area contributed by atoms with Crippen LogP contribution in [0.4, 0.5) is 11.5 Å². The lowest BCUT2D eigenvalue weighted by Crippen LogP contribution is -2.20. The number of nitrogen functional groups attached to an aromatic ring is 1. The molecule has 1 saturated heterocycles. The average Bonchev–Trinajstić information content (AvgIpc) is 3.01. The van der Waals surface area contributed by atoms with Crippen LogP contribution in [-0.2, 0) is 15.9 Å². The maximum atomic E-state index is 6.08. The SMILES string of the molecule is CCc1nc(NCC2CCCO2)c(N)c(OCCOC)n1. The molecule has 7 nitrogen and oxygen atoms in total. The Labute approximate surface area is 125 Å². The van der Waals surface area contributed by atoms with Gasteiger partial charge in [-0.05, 0) is 12.8 Å². The molecule has 21 heavy (non-hydrogen) atoms. The van der Waals surface area contributed by atoms with E-state index < -0.39 is 0 Å². The van der Waals surface area contributed by atoms with Crippen LogP contribution in [0.2, 0.25) is 0 Å². The van der Waals surface area contributed by atoms with Crippen molar-refractivity contribution >= 4 is 11.5 Å². The van der Waals surface area contributed by atoms with E-state index in [9.17, 15) is 0 Å². The maximum absolute atomic E-state index is 6.08. The standard InChI is InChI=1S/C14H24N4O3/c1-3-11-17-13(16-9-10-5-4-6-20-10)12(15)14(18-11)21-8-7-19-2/h10H,3-9,15H2,1-2H3,(H,16,17,18). The predicted molar refractivity (Wildman–Crippen MR) is 80.7 cm³/mol. The van der Waals surface area contributed by atoms with Crippen molar-refractivity contribution in [2.24, 2.45) is 0 Å². The average molecular weight is 296 g/mol. The molecular formula is C14H24N4O3. The van der Waals surface area contributed by atoms with Gasteiger partial charge in [0.15, 0.2) is 5.82 Å². The molecule has 1 atom stereocenters. The predicted octanol–water partition coefficient (Wildman–Crippen LogP) is 1.24. The molecule has 3 N–H and O–H groups in total. The number of anilines is 2. The number of aromatic nitrogens is 2. The van der Waals surface area contributed by atoms with Crippen LogP contribution >= 0.6 is 0 Å². The van der Waals surface area contributed by atoms with E-state index in [0.29, 0.717) is 43.0 Å². The second kappa shape index (κ2) is 7.99. The first-order chi connectivity index (χ1) is 10.2. The van der Waals surface area contributed by atoms with Gasteiger partial charge in [0.25, 0.3) is 0 Å². The molecule has 118 valence electrons. The fourth-order valence-corrected chi connectivity index (χ4v) is 2.13. The van der Waals surface area contributed by atoms with E-state index in [-0.39, 0.29) is 6.10 Å². The van der Waals surface area contributed by atoms with Gasteiger partial charge in [0, 0.05) is 26.7 Å². The van der Waals surface area contributed by atoms with Crippen molar-refractivity contribution in [3.8, 4) is 5.88 Å². The summed E-state index contributed by atoms with van der Waals surface area (Å²) in [6.07, 6.45) is 3.12. The molecule has 2 rings (SSSR count). The summed E-state index contributed by atoms with van der Waals surface area (Å²) in [5.41, 5.74) is 6.51. The van der Waals surface area contributed by atoms with Crippen LogP contribution in [0.3, 0.4) is 0 Å². The van der Waals surface area contributed by atoms with E-state index in [1.165, 1.54) is 0 Å². The highest BCUT2D eigenvalue weighted by molar-refractivity contribution is 5.67. The van der Waals surface area contributed by atoms with Crippen molar-refractivity contribution in [3.05, 3.63) is 5.82 Å². The summed E-state index contributed by atoms with van der Waals surface area (Å²) in [5.74, 6) is 1.73. The Morgan fingerprint density at radius 1 is 1.38 bits per heavy atom. The fraction of sp³-hybridized carbons (Fsp3) is 0.714. The zero-order chi connectivity index (χ0) is 15.1. The quantitative estimate of drug-likeness (QED) is 0.697. The van der Waals surface area contributed by atoms with Gasteiger partial charge in [-0.15, -0.1) is 0 Å². The van der Waals surface area contributed by atoms with Gasteiger partial charge in [-0.2, -0.15) is 4.98 Å². The lowest BCUT2D eigenvalue weighted by atomic mass is 10.2. The number of methoxy groups -OCH3 is 1. The number of nitrogens with zero attached hydrogens (tertiary/aromatic N) is 2. The minimum Gasteiger partial charge on any atom is -0.474 e. The van der Waals surface area contributed by atoms with Crippen molar-refractivity contribution < 1.29 is 14.2 Å². The van der Waals surface area contributed by atoms with Crippen LogP contribution in [-0.4, -0.2) is 49.5 Å². The highest BCUT2D eigenvalue weighted by atomic mass is 16.5. The highest BCUT2D eigenvalue weighted by Gasteiger charge is 2.17. The van der Waals surface area contributed by atoms with Gasteiger partial charge in [0.1, 0.15) is 18.1 Å². The number of nitrogens with one attached hydrogen (secondary N) is 1. The number of hydrogen-bond acceptors (Lipinski definition) is 7. The van der Waals surface area contributed by atoms with Crippen molar-refractivity contribution in [3.63, 3.8) is 0 Å². The molecule has 0 aliphatic carbocycles. The molecule has 0 aromatic carbocycles. The van der Waals surface area contributed by atoms with Crippen molar-refractivity contribution in [2.45, 2.75) is 32.3 Å². The van der Waals surface area contributed by atoms with Crippen molar-refractivity contribution in [1.29, 1.82) is 0 Å².